The number of pyridine rings is 1. The lowest BCUT2D eigenvalue weighted by atomic mass is 9.94. The Morgan fingerprint density at radius 2 is 1.88 bits per heavy atom. The van der Waals surface area contributed by atoms with E-state index in [1.807, 2.05) is 36.4 Å². The molecule has 4 aromatic rings. The number of esters is 1. The molecule has 0 unspecified atom stereocenters. The summed E-state index contributed by atoms with van der Waals surface area (Å²) in [5.41, 5.74) is 1.57. The number of carboxylic acids is 1. The number of halogens is 5. The fourth-order valence-corrected chi connectivity index (χ4v) is 7.98. The highest BCUT2D eigenvalue weighted by Crippen LogP contribution is 2.41. The minimum absolute atomic E-state index is 0.0747. The molecule has 3 fully saturated rings. The molecule has 3 saturated heterocycles. The SMILES string of the molecule is O=C(O)C(F)(F)F.O=C1C[C@@H]2CCCN(C2)c2nc(OC[C@@]34CCCN3C[C@H](F)C4)nc3c(F)c(ncc23)-c2cccc3cccc(c23)CCO1. The summed E-state index contributed by atoms with van der Waals surface area (Å²) < 4.78 is 75.0. The molecule has 9 rings (SSSR count). The van der Waals surface area contributed by atoms with E-state index in [4.69, 9.17) is 24.4 Å². The minimum Gasteiger partial charge on any atom is -0.475 e. The maximum absolute atomic E-state index is 16.8. The van der Waals surface area contributed by atoms with E-state index in [0.29, 0.717) is 55.7 Å². The zero-order chi connectivity index (χ0) is 35.9. The van der Waals surface area contributed by atoms with Gasteiger partial charge in [-0.25, -0.2) is 13.6 Å². The zero-order valence-electron chi connectivity index (χ0n) is 27.6. The largest absolute Gasteiger partial charge is 0.490 e. The number of fused-ring (bicyclic) bond motifs is 6. The normalized spacial score (nSPS) is 23.6. The number of carbonyl (C=O) groups is 2. The molecule has 5 aliphatic rings. The molecule has 3 atom stereocenters. The maximum atomic E-state index is 16.8. The van der Waals surface area contributed by atoms with Crippen LogP contribution in [-0.4, -0.2) is 94.2 Å². The van der Waals surface area contributed by atoms with Gasteiger partial charge in [-0.3, -0.25) is 14.7 Å². The van der Waals surface area contributed by atoms with Crippen LogP contribution < -0.4 is 9.64 Å². The van der Waals surface area contributed by atoms with Gasteiger partial charge >= 0.3 is 24.1 Å². The molecular formula is C36H36F5N5O5. The first-order chi connectivity index (χ1) is 24.4. The molecule has 270 valence electrons. The Balaban J connectivity index is 0.000000529. The second kappa shape index (κ2) is 13.8. The highest BCUT2D eigenvalue weighted by atomic mass is 19.4. The van der Waals surface area contributed by atoms with E-state index in [0.717, 1.165) is 48.6 Å². The summed E-state index contributed by atoms with van der Waals surface area (Å²) in [6, 6.07) is 11.8. The highest BCUT2D eigenvalue weighted by molar-refractivity contribution is 6.00. The third-order valence-electron chi connectivity index (χ3n) is 10.3. The number of rotatable bonds is 3. The lowest BCUT2D eigenvalue weighted by molar-refractivity contribution is -0.192. The van der Waals surface area contributed by atoms with Crippen LogP contribution in [0.25, 0.3) is 32.9 Å². The molecule has 0 radical (unpaired) electrons. The van der Waals surface area contributed by atoms with Crippen molar-refractivity contribution in [1.29, 1.82) is 0 Å². The molecule has 2 aromatic carbocycles. The van der Waals surface area contributed by atoms with E-state index >= 15 is 4.39 Å². The second-order valence-electron chi connectivity index (χ2n) is 13.6. The van der Waals surface area contributed by atoms with Gasteiger partial charge in [0.1, 0.15) is 29.8 Å². The van der Waals surface area contributed by atoms with Crippen LogP contribution >= 0.6 is 0 Å². The number of piperidine rings is 1. The minimum atomic E-state index is -5.08. The number of aromatic nitrogens is 3. The second-order valence-corrected chi connectivity index (χ2v) is 13.6. The zero-order valence-corrected chi connectivity index (χ0v) is 27.6. The van der Waals surface area contributed by atoms with Gasteiger partial charge < -0.3 is 19.5 Å². The summed E-state index contributed by atoms with van der Waals surface area (Å²) in [5, 5.41) is 9.45. The Labute approximate surface area is 289 Å². The number of carbonyl (C=O) groups excluding carboxylic acids is 1. The van der Waals surface area contributed by atoms with Crippen LogP contribution in [0.1, 0.15) is 44.1 Å². The van der Waals surface area contributed by atoms with Gasteiger partial charge in [0.25, 0.3) is 0 Å². The predicted octanol–water partition coefficient (Wildman–Crippen LogP) is 6.28. The molecule has 6 bridgehead atoms. The van der Waals surface area contributed by atoms with Crippen molar-refractivity contribution in [1.82, 2.24) is 19.9 Å². The van der Waals surface area contributed by atoms with Gasteiger partial charge in [0.15, 0.2) is 5.82 Å². The lowest BCUT2D eigenvalue weighted by Gasteiger charge is -2.34. The molecule has 5 aliphatic heterocycles. The summed E-state index contributed by atoms with van der Waals surface area (Å²) in [7, 11) is 0. The van der Waals surface area contributed by atoms with Gasteiger partial charge in [0.2, 0.25) is 0 Å². The van der Waals surface area contributed by atoms with E-state index in [1.165, 1.54) is 0 Å². The Morgan fingerprint density at radius 3 is 2.67 bits per heavy atom. The number of carboxylic acid groups (broad SMARTS) is 1. The first kappa shape index (κ1) is 34.8. The van der Waals surface area contributed by atoms with Crippen LogP contribution in [0.4, 0.5) is 27.8 Å². The van der Waals surface area contributed by atoms with Crippen molar-refractivity contribution in [2.24, 2.45) is 5.92 Å². The third-order valence-corrected chi connectivity index (χ3v) is 10.3. The van der Waals surface area contributed by atoms with Crippen molar-refractivity contribution in [2.45, 2.75) is 62.8 Å². The van der Waals surface area contributed by atoms with E-state index in [9.17, 15) is 22.4 Å². The van der Waals surface area contributed by atoms with E-state index in [-0.39, 0.29) is 47.9 Å². The molecule has 0 saturated carbocycles. The molecule has 0 spiro atoms. The summed E-state index contributed by atoms with van der Waals surface area (Å²) in [5.74, 6) is -2.88. The van der Waals surface area contributed by atoms with Gasteiger partial charge in [-0.2, -0.15) is 23.1 Å². The van der Waals surface area contributed by atoms with Crippen molar-refractivity contribution < 1.29 is 46.1 Å². The Hall–Kier alpha value is -4.66. The average Bonchev–Trinajstić information content (AvgIpc) is 3.62. The third kappa shape index (κ3) is 7.00. The fraction of sp³-hybridized carbons (Fsp3) is 0.472. The first-order valence-electron chi connectivity index (χ1n) is 17.0. The van der Waals surface area contributed by atoms with Crippen LogP contribution in [0.3, 0.4) is 0 Å². The van der Waals surface area contributed by atoms with E-state index in [1.54, 1.807) is 6.20 Å². The maximum Gasteiger partial charge on any atom is 0.490 e. The number of ether oxygens (including phenoxy) is 2. The van der Waals surface area contributed by atoms with Crippen molar-refractivity contribution in [3.8, 4) is 17.3 Å². The van der Waals surface area contributed by atoms with E-state index < -0.39 is 24.1 Å². The van der Waals surface area contributed by atoms with Gasteiger partial charge in [0.05, 0.1) is 24.0 Å². The molecule has 10 nitrogen and oxygen atoms in total. The van der Waals surface area contributed by atoms with Crippen LogP contribution in [-0.2, 0) is 20.7 Å². The Kier molecular flexibility index (Phi) is 9.42. The van der Waals surface area contributed by atoms with Crippen molar-refractivity contribution in [3.63, 3.8) is 0 Å². The summed E-state index contributed by atoms with van der Waals surface area (Å²) in [6.07, 6.45) is 0.537. The number of hydrogen-bond acceptors (Lipinski definition) is 9. The fourth-order valence-electron chi connectivity index (χ4n) is 7.98. The number of benzene rings is 2. The van der Waals surface area contributed by atoms with Crippen molar-refractivity contribution in [2.75, 3.05) is 44.3 Å². The molecule has 51 heavy (non-hydrogen) atoms. The number of hydrogen-bond donors (Lipinski definition) is 1. The van der Waals surface area contributed by atoms with Gasteiger partial charge in [-0.1, -0.05) is 36.4 Å². The lowest BCUT2D eigenvalue weighted by Crippen LogP contribution is -2.43. The molecule has 0 amide bonds. The quantitative estimate of drug-likeness (QED) is 0.192. The number of alkyl halides is 4. The molecular weight excluding hydrogens is 677 g/mol. The average molecular weight is 714 g/mol. The predicted molar refractivity (Wildman–Crippen MR) is 177 cm³/mol. The summed E-state index contributed by atoms with van der Waals surface area (Å²) >= 11 is 0. The van der Waals surface area contributed by atoms with Crippen LogP contribution in [0.5, 0.6) is 6.01 Å². The van der Waals surface area contributed by atoms with Gasteiger partial charge in [-0.05, 0) is 54.5 Å². The van der Waals surface area contributed by atoms with Gasteiger partial charge in [0, 0.05) is 44.2 Å². The molecule has 7 heterocycles. The summed E-state index contributed by atoms with van der Waals surface area (Å²) in [4.78, 5) is 40.2. The number of nitrogens with zero attached hydrogens (tertiary/aromatic N) is 5. The van der Waals surface area contributed by atoms with Gasteiger partial charge in [-0.15, -0.1) is 0 Å². The smallest absolute Gasteiger partial charge is 0.475 e. The van der Waals surface area contributed by atoms with E-state index in [2.05, 4.69) is 19.8 Å². The Morgan fingerprint density at radius 1 is 1.10 bits per heavy atom. The molecule has 15 heteroatoms. The van der Waals surface area contributed by atoms with Crippen molar-refractivity contribution in [3.05, 3.63) is 54.0 Å². The molecule has 2 aromatic heterocycles. The summed E-state index contributed by atoms with van der Waals surface area (Å²) in [6.45, 7) is 3.05. The van der Waals surface area contributed by atoms with Crippen molar-refractivity contribution >= 4 is 39.4 Å². The molecule has 1 N–H and O–H groups in total. The highest BCUT2D eigenvalue weighted by Gasteiger charge is 2.49. The van der Waals surface area contributed by atoms with Crippen LogP contribution in [0, 0.1) is 11.7 Å². The van der Waals surface area contributed by atoms with Crippen LogP contribution in [0.15, 0.2) is 42.6 Å². The topological polar surface area (TPSA) is 118 Å². The molecule has 0 aliphatic carbocycles. The monoisotopic (exact) mass is 713 g/mol. The standard InChI is InChI=1S/C34H35F2N5O3.C2HF3O2/c35-24-16-34(11-4-13-41(34)19-24)20-44-33-38-31-26-17-37-30(29(31)36)25-9-2-8-22-6-1-7-23(28(22)25)10-14-43-27(42)15-21-5-3-12-40(18-21)32(26)39-33;3-2(4,5)1(6)7/h1-2,6-9,17,21,24H,3-5,10-16,18-20H2;(H,6,7)/t21-,24+,34-;/m0./s1. The Bertz CT molecular complexity index is 1970. The number of anilines is 1. The number of aliphatic carboxylic acids is 1. The van der Waals surface area contributed by atoms with Crippen LogP contribution in [0.2, 0.25) is 0 Å². The first-order valence-corrected chi connectivity index (χ1v) is 17.0.